The second kappa shape index (κ2) is 7.28. The van der Waals surface area contributed by atoms with Gasteiger partial charge in [-0.25, -0.2) is 0 Å². The minimum Gasteiger partial charge on any atom is -0.497 e. The Hall–Kier alpha value is -1.79. The summed E-state index contributed by atoms with van der Waals surface area (Å²) in [5.41, 5.74) is 6.60. The smallest absolute Gasteiger partial charge is 0.263 e. The van der Waals surface area contributed by atoms with Crippen LogP contribution in [0.2, 0.25) is 0 Å². The third-order valence-electron chi connectivity index (χ3n) is 3.10. The minimum atomic E-state index is -0.135. The maximum Gasteiger partial charge on any atom is 0.263 e. The van der Waals surface area contributed by atoms with Gasteiger partial charge in [-0.2, -0.15) is 0 Å². The van der Waals surface area contributed by atoms with E-state index in [0.717, 1.165) is 22.3 Å². The van der Waals surface area contributed by atoms with Gasteiger partial charge in [0.25, 0.3) is 5.91 Å². The van der Waals surface area contributed by atoms with Crippen molar-refractivity contribution in [3.8, 4) is 5.75 Å². The average molecular weight is 308 g/mol. The first kappa shape index (κ1) is 15.6. The summed E-state index contributed by atoms with van der Waals surface area (Å²) in [4.78, 5) is 12.7. The predicted octanol–water partition coefficient (Wildman–Crippen LogP) is 2.65. The SMILES string of the molecule is CCOCCCNC(=O)c1sc2cc(OC)ccc2c1N. The molecule has 1 aromatic heterocycles. The van der Waals surface area contributed by atoms with E-state index in [1.807, 2.05) is 25.1 Å². The highest BCUT2D eigenvalue weighted by Crippen LogP contribution is 2.35. The number of methoxy groups -OCH3 is 1. The van der Waals surface area contributed by atoms with E-state index in [4.69, 9.17) is 15.2 Å². The number of hydrogen-bond donors (Lipinski definition) is 2. The summed E-state index contributed by atoms with van der Waals surface area (Å²) in [6.07, 6.45) is 0.790. The lowest BCUT2D eigenvalue weighted by Crippen LogP contribution is -2.25. The summed E-state index contributed by atoms with van der Waals surface area (Å²) in [7, 11) is 1.62. The van der Waals surface area contributed by atoms with Gasteiger partial charge >= 0.3 is 0 Å². The quantitative estimate of drug-likeness (QED) is 0.771. The number of anilines is 1. The Morgan fingerprint density at radius 3 is 2.95 bits per heavy atom. The maximum atomic E-state index is 12.2. The van der Waals surface area contributed by atoms with Crippen LogP contribution in [0, 0.1) is 0 Å². The second-order valence-corrected chi connectivity index (χ2v) is 5.57. The minimum absolute atomic E-state index is 0.135. The van der Waals surface area contributed by atoms with Crippen LogP contribution in [-0.4, -0.2) is 32.8 Å². The van der Waals surface area contributed by atoms with E-state index in [1.165, 1.54) is 11.3 Å². The predicted molar refractivity (Wildman–Crippen MR) is 86.2 cm³/mol. The van der Waals surface area contributed by atoms with E-state index in [1.54, 1.807) is 7.11 Å². The number of nitrogens with one attached hydrogen (secondary N) is 1. The van der Waals surface area contributed by atoms with Crippen LogP contribution in [-0.2, 0) is 4.74 Å². The average Bonchev–Trinajstić information content (AvgIpc) is 2.83. The fourth-order valence-electron chi connectivity index (χ4n) is 1.99. The molecule has 0 fully saturated rings. The van der Waals surface area contributed by atoms with Gasteiger partial charge in [-0.3, -0.25) is 4.79 Å². The normalized spacial score (nSPS) is 10.8. The second-order valence-electron chi connectivity index (χ2n) is 4.51. The molecule has 0 saturated carbocycles. The van der Waals surface area contributed by atoms with Gasteiger partial charge in [0, 0.05) is 29.8 Å². The summed E-state index contributed by atoms with van der Waals surface area (Å²) < 4.78 is 11.4. The summed E-state index contributed by atoms with van der Waals surface area (Å²) in [6, 6.07) is 5.61. The van der Waals surface area contributed by atoms with E-state index in [0.29, 0.717) is 30.3 Å². The van der Waals surface area contributed by atoms with Crippen molar-refractivity contribution in [3.05, 3.63) is 23.1 Å². The highest BCUT2D eigenvalue weighted by atomic mass is 32.1. The molecule has 1 heterocycles. The summed E-state index contributed by atoms with van der Waals surface area (Å²) in [5, 5.41) is 3.76. The van der Waals surface area contributed by atoms with Gasteiger partial charge in [-0.05, 0) is 31.5 Å². The molecule has 2 rings (SSSR count). The number of fused-ring (bicyclic) bond motifs is 1. The monoisotopic (exact) mass is 308 g/mol. The Balaban J connectivity index is 2.07. The van der Waals surface area contributed by atoms with Crippen molar-refractivity contribution < 1.29 is 14.3 Å². The maximum absolute atomic E-state index is 12.2. The zero-order chi connectivity index (χ0) is 15.2. The van der Waals surface area contributed by atoms with Crippen LogP contribution in [0.15, 0.2) is 18.2 Å². The molecule has 0 bridgehead atoms. The molecule has 21 heavy (non-hydrogen) atoms. The van der Waals surface area contributed by atoms with Crippen molar-refractivity contribution in [2.45, 2.75) is 13.3 Å². The molecule has 0 spiro atoms. The molecule has 114 valence electrons. The summed E-state index contributed by atoms with van der Waals surface area (Å²) in [5.74, 6) is 0.622. The molecule has 6 heteroatoms. The molecule has 5 nitrogen and oxygen atoms in total. The number of carbonyl (C=O) groups is 1. The van der Waals surface area contributed by atoms with Gasteiger partial charge in [0.15, 0.2) is 0 Å². The number of rotatable bonds is 7. The largest absolute Gasteiger partial charge is 0.497 e. The van der Waals surface area contributed by atoms with Gasteiger partial charge < -0.3 is 20.5 Å². The topological polar surface area (TPSA) is 73.6 Å². The molecular weight excluding hydrogens is 288 g/mol. The van der Waals surface area contributed by atoms with Crippen LogP contribution >= 0.6 is 11.3 Å². The van der Waals surface area contributed by atoms with Crippen molar-refractivity contribution in [2.75, 3.05) is 32.6 Å². The lowest BCUT2D eigenvalue weighted by Gasteiger charge is -2.04. The number of hydrogen-bond acceptors (Lipinski definition) is 5. The highest BCUT2D eigenvalue weighted by Gasteiger charge is 2.16. The number of amides is 1. The highest BCUT2D eigenvalue weighted by molar-refractivity contribution is 7.21. The Bertz CT molecular complexity index is 625. The van der Waals surface area contributed by atoms with Crippen LogP contribution in [0.25, 0.3) is 10.1 Å². The van der Waals surface area contributed by atoms with Crippen LogP contribution in [0.3, 0.4) is 0 Å². The van der Waals surface area contributed by atoms with Gasteiger partial charge in [-0.1, -0.05) is 0 Å². The van der Waals surface area contributed by atoms with Crippen LogP contribution in [0.1, 0.15) is 23.0 Å². The van der Waals surface area contributed by atoms with E-state index in [9.17, 15) is 4.79 Å². The van der Waals surface area contributed by atoms with Gasteiger partial charge in [0.05, 0.1) is 12.8 Å². The third kappa shape index (κ3) is 3.65. The number of ether oxygens (including phenoxy) is 2. The van der Waals surface area contributed by atoms with E-state index >= 15 is 0 Å². The first-order chi connectivity index (χ1) is 10.2. The first-order valence-corrected chi connectivity index (χ1v) is 7.71. The Labute approximate surface area is 128 Å². The molecule has 0 aliphatic carbocycles. The number of nitrogens with two attached hydrogens (primary N) is 1. The molecule has 0 radical (unpaired) electrons. The number of nitrogen functional groups attached to an aromatic ring is 1. The molecule has 0 saturated heterocycles. The molecule has 2 aromatic rings. The molecule has 3 N–H and O–H groups in total. The Kier molecular flexibility index (Phi) is 5.41. The standard InChI is InChI=1S/C15H20N2O3S/c1-3-20-8-4-7-17-15(18)14-13(16)11-6-5-10(19-2)9-12(11)21-14/h5-6,9H,3-4,7-8,16H2,1-2H3,(H,17,18). The molecular formula is C15H20N2O3S. The van der Waals surface area contributed by atoms with Crippen molar-refractivity contribution >= 4 is 33.0 Å². The Morgan fingerprint density at radius 2 is 2.24 bits per heavy atom. The molecule has 1 aromatic carbocycles. The number of carbonyl (C=O) groups excluding carboxylic acids is 1. The molecule has 1 amide bonds. The van der Waals surface area contributed by atoms with Gasteiger partial charge in [0.2, 0.25) is 0 Å². The third-order valence-corrected chi connectivity index (χ3v) is 4.26. The molecule has 0 aliphatic heterocycles. The van der Waals surface area contributed by atoms with Crippen molar-refractivity contribution in [2.24, 2.45) is 0 Å². The lowest BCUT2D eigenvalue weighted by atomic mass is 10.2. The van der Waals surface area contributed by atoms with Crippen LogP contribution in [0.5, 0.6) is 5.75 Å². The number of benzene rings is 1. The summed E-state index contributed by atoms with van der Waals surface area (Å²) in [6.45, 7) is 3.87. The van der Waals surface area contributed by atoms with Crippen LogP contribution < -0.4 is 15.8 Å². The van der Waals surface area contributed by atoms with Crippen LogP contribution in [0.4, 0.5) is 5.69 Å². The first-order valence-electron chi connectivity index (χ1n) is 6.89. The van der Waals surface area contributed by atoms with E-state index in [-0.39, 0.29) is 5.91 Å². The van der Waals surface area contributed by atoms with Crippen molar-refractivity contribution in [3.63, 3.8) is 0 Å². The summed E-state index contributed by atoms with van der Waals surface area (Å²) >= 11 is 1.38. The zero-order valence-corrected chi connectivity index (χ0v) is 13.1. The fraction of sp³-hybridized carbons (Fsp3) is 0.400. The zero-order valence-electron chi connectivity index (χ0n) is 12.3. The van der Waals surface area contributed by atoms with E-state index in [2.05, 4.69) is 5.32 Å². The number of thiophene rings is 1. The Morgan fingerprint density at radius 1 is 1.43 bits per heavy atom. The van der Waals surface area contributed by atoms with E-state index < -0.39 is 0 Å². The molecule has 0 atom stereocenters. The fourth-order valence-corrected chi connectivity index (χ4v) is 3.06. The van der Waals surface area contributed by atoms with Crippen molar-refractivity contribution in [1.29, 1.82) is 0 Å². The molecule has 0 aliphatic rings. The molecule has 0 unspecified atom stereocenters. The van der Waals surface area contributed by atoms with Gasteiger partial charge in [0.1, 0.15) is 10.6 Å². The van der Waals surface area contributed by atoms with Gasteiger partial charge in [-0.15, -0.1) is 11.3 Å². The van der Waals surface area contributed by atoms with Crippen molar-refractivity contribution in [1.82, 2.24) is 5.32 Å². The lowest BCUT2D eigenvalue weighted by molar-refractivity contribution is 0.0949.